The number of nitrogens with zero attached hydrogens (tertiary/aromatic N) is 4. The molecule has 8 nitrogen and oxygen atoms in total. The number of thiophene rings is 1. The highest BCUT2D eigenvalue weighted by atomic mass is 32.1. The van der Waals surface area contributed by atoms with Crippen LogP contribution in [-0.4, -0.2) is 32.6 Å². The minimum absolute atomic E-state index is 0.121. The quantitative estimate of drug-likeness (QED) is 0.535. The third-order valence-corrected chi connectivity index (χ3v) is 4.98. The van der Waals surface area contributed by atoms with Crippen molar-refractivity contribution in [1.82, 2.24) is 19.6 Å². The molecule has 0 atom stereocenters. The number of aromatic nitrogens is 4. The fourth-order valence-corrected chi connectivity index (χ4v) is 3.47. The molecule has 0 saturated heterocycles. The number of rotatable bonds is 6. The zero-order valence-corrected chi connectivity index (χ0v) is 16.1. The Morgan fingerprint density at radius 1 is 1.25 bits per heavy atom. The molecular weight excluding hydrogens is 378 g/mol. The number of carbonyl (C=O) groups is 1. The summed E-state index contributed by atoms with van der Waals surface area (Å²) in [6.07, 6.45) is 1.41. The number of methoxy groups -OCH3 is 1. The van der Waals surface area contributed by atoms with Crippen LogP contribution < -0.4 is 10.1 Å². The number of ether oxygens (including phenoxy) is 2. The van der Waals surface area contributed by atoms with Crippen molar-refractivity contribution in [2.45, 2.75) is 13.5 Å². The highest BCUT2D eigenvalue weighted by molar-refractivity contribution is 7.12. The summed E-state index contributed by atoms with van der Waals surface area (Å²) in [7, 11) is 1.60. The van der Waals surface area contributed by atoms with Crippen LogP contribution in [0.3, 0.4) is 0 Å². The molecule has 0 saturated carbocycles. The Morgan fingerprint density at radius 3 is 2.79 bits per heavy atom. The maximum atomic E-state index is 12.3. The average Bonchev–Trinajstić information content (AvgIpc) is 3.32. The molecule has 0 fully saturated rings. The highest BCUT2D eigenvalue weighted by Crippen LogP contribution is 2.25. The van der Waals surface area contributed by atoms with Crippen molar-refractivity contribution in [2.75, 3.05) is 12.4 Å². The molecular formula is C19H17N5O3S. The molecule has 1 N–H and O–H groups in total. The summed E-state index contributed by atoms with van der Waals surface area (Å²) in [5.41, 5.74) is 2.34. The van der Waals surface area contributed by atoms with E-state index in [1.807, 2.05) is 18.4 Å². The number of carbonyl (C=O) groups excluding carboxylic acids is 1. The lowest BCUT2D eigenvalue weighted by Gasteiger charge is -2.10. The van der Waals surface area contributed by atoms with Crippen LogP contribution in [0.15, 0.2) is 48.1 Å². The van der Waals surface area contributed by atoms with Crippen LogP contribution in [0.2, 0.25) is 0 Å². The van der Waals surface area contributed by atoms with Gasteiger partial charge in [-0.1, -0.05) is 0 Å². The van der Waals surface area contributed by atoms with Gasteiger partial charge in [-0.25, -0.2) is 4.98 Å². The van der Waals surface area contributed by atoms with Gasteiger partial charge in [0, 0.05) is 18.9 Å². The largest absolute Gasteiger partial charge is 0.439 e. The van der Waals surface area contributed by atoms with Crippen molar-refractivity contribution in [3.8, 4) is 11.6 Å². The number of benzene rings is 1. The number of aryl methyl sites for hydroxylation is 1. The molecule has 28 heavy (non-hydrogen) atoms. The van der Waals surface area contributed by atoms with Gasteiger partial charge < -0.3 is 14.8 Å². The zero-order valence-electron chi connectivity index (χ0n) is 15.2. The van der Waals surface area contributed by atoms with Crippen LogP contribution in [0, 0.1) is 6.92 Å². The van der Waals surface area contributed by atoms with Gasteiger partial charge in [-0.05, 0) is 48.2 Å². The summed E-state index contributed by atoms with van der Waals surface area (Å²) in [5, 5.41) is 8.92. The summed E-state index contributed by atoms with van der Waals surface area (Å²) in [5.74, 6) is 1.38. The van der Waals surface area contributed by atoms with Crippen molar-refractivity contribution in [2.24, 2.45) is 0 Å². The van der Waals surface area contributed by atoms with Crippen LogP contribution in [0.25, 0.3) is 5.78 Å². The normalized spacial score (nSPS) is 10.9. The number of anilines is 1. The Hall–Kier alpha value is -3.30. The predicted octanol–water partition coefficient (Wildman–Crippen LogP) is 3.69. The summed E-state index contributed by atoms with van der Waals surface area (Å²) >= 11 is 1.42. The van der Waals surface area contributed by atoms with Crippen molar-refractivity contribution in [3.63, 3.8) is 0 Å². The topological polar surface area (TPSA) is 90.6 Å². The highest BCUT2D eigenvalue weighted by Gasteiger charge is 2.12. The number of nitrogens with one attached hydrogen (secondary N) is 1. The molecule has 3 aromatic heterocycles. The lowest BCUT2D eigenvalue weighted by molar-refractivity contribution is 0.103. The molecule has 0 bridgehead atoms. The van der Waals surface area contributed by atoms with Crippen molar-refractivity contribution in [1.29, 1.82) is 0 Å². The maximum absolute atomic E-state index is 12.3. The van der Waals surface area contributed by atoms with Gasteiger partial charge in [-0.2, -0.15) is 14.6 Å². The fourth-order valence-electron chi connectivity index (χ4n) is 2.65. The Balaban J connectivity index is 1.52. The smallest absolute Gasteiger partial charge is 0.265 e. The Labute approximate surface area is 164 Å². The molecule has 0 aliphatic heterocycles. The van der Waals surface area contributed by atoms with Crippen LogP contribution in [0.5, 0.6) is 11.6 Å². The first-order valence-corrected chi connectivity index (χ1v) is 9.34. The second-order valence-electron chi connectivity index (χ2n) is 6.00. The van der Waals surface area contributed by atoms with E-state index >= 15 is 0 Å². The van der Waals surface area contributed by atoms with Gasteiger partial charge in [0.05, 0.1) is 17.2 Å². The van der Waals surface area contributed by atoms with E-state index in [4.69, 9.17) is 9.47 Å². The first-order chi connectivity index (χ1) is 13.6. The number of amides is 1. The van der Waals surface area contributed by atoms with Crippen LogP contribution in [-0.2, 0) is 11.3 Å². The van der Waals surface area contributed by atoms with Gasteiger partial charge in [-0.3, -0.25) is 4.79 Å². The van der Waals surface area contributed by atoms with E-state index in [-0.39, 0.29) is 5.91 Å². The third kappa shape index (κ3) is 3.71. The summed E-state index contributed by atoms with van der Waals surface area (Å²) < 4.78 is 12.6. The second-order valence-corrected chi connectivity index (χ2v) is 6.92. The molecule has 9 heteroatoms. The van der Waals surface area contributed by atoms with Gasteiger partial charge in [0.1, 0.15) is 12.1 Å². The van der Waals surface area contributed by atoms with Gasteiger partial charge >= 0.3 is 0 Å². The van der Waals surface area contributed by atoms with E-state index in [1.165, 1.54) is 22.2 Å². The fraction of sp³-hybridized carbons (Fsp3) is 0.158. The lowest BCUT2D eigenvalue weighted by Crippen LogP contribution is -2.11. The average molecular weight is 395 g/mol. The van der Waals surface area contributed by atoms with Gasteiger partial charge in [0.15, 0.2) is 0 Å². The lowest BCUT2D eigenvalue weighted by atomic mass is 10.2. The molecule has 142 valence electrons. The molecule has 4 aromatic rings. The molecule has 0 radical (unpaired) electrons. The molecule has 3 heterocycles. The number of hydrogen-bond acceptors (Lipinski definition) is 7. The minimum atomic E-state index is -0.121. The molecule has 0 unspecified atom stereocenters. The zero-order chi connectivity index (χ0) is 19.5. The second kappa shape index (κ2) is 7.75. The molecule has 4 rings (SSSR count). The molecule has 0 spiro atoms. The first kappa shape index (κ1) is 18.1. The van der Waals surface area contributed by atoms with Crippen molar-refractivity contribution < 1.29 is 14.3 Å². The monoisotopic (exact) mass is 395 g/mol. The number of hydrogen-bond donors (Lipinski definition) is 1. The first-order valence-electron chi connectivity index (χ1n) is 8.46. The summed E-state index contributed by atoms with van der Waals surface area (Å²) in [6, 6.07) is 10.8. The van der Waals surface area contributed by atoms with E-state index in [0.717, 1.165) is 5.56 Å². The van der Waals surface area contributed by atoms with Crippen molar-refractivity contribution >= 4 is 28.7 Å². The maximum Gasteiger partial charge on any atom is 0.265 e. The Bertz CT molecular complexity index is 1120. The predicted molar refractivity (Wildman–Crippen MR) is 105 cm³/mol. The van der Waals surface area contributed by atoms with Crippen LogP contribution in [0.4, 0.5) is 5.69 Å². The molecule has 0 aliphatic rings. The minimum Gasteiger partial charge on any atom is -0.439 e. The Morgan fingerprint density at radius 2 is 2.07 bits per heavy atom. The van der Waals surface area contributed by atoms with E-state index in [0.29, 0.717) is 40.3 Å². The summed E-state index contributed by atoms with van der Waals surface area (Å²) in [4.78, 5) is 21.5. The van der Waals surface area contributed by atoms with E-state index in [1.54, 1.807) is 37.4 Å². The third-order valence-electron chi connectivity index (χ3n) is 3.97. The van der Waals surface area contributed by atoms with E-state index < -0.39 is 0 Å². The van der Waals surface area contributed by atoms with Gasteiger partial charge in [0.2, 0.25) is 5.88 Å². The summed E-state index contributed by atoms with van der Waals surface area (Å²) in [6.45, 7) is 2.26. The Kier molecular flexibility index (Phi) is 5.00. The SMILES string of the molecule is COCc1cc(Oc2ccc(NC(=O)c3sccc3C)cc2)n2ncnc2n1. The van der Waals surface area contributed by atoms with Gasteiger partial charge in [-0.15, -0.1) is 11.3 Å². The van der Waals surface area contributed by atoms with Crippen LogP contribution in [0.1, 0.15) is 20.9 Å². The number of fused-ring (bicyclic) bond motifs is 1. The van der Waals surface area contributed by atoms with Crippen molar-refractivity contribution in [3.05, 3.63) is 64.2 Å². The standard InChI is InChI=1S/C19H17N5O3S/c1-12-7-8-28-17(12)18(25)22-13-3-5-15(6-4-13)27-16-9-14(10-26-2)23-19-20-11-21-24(16)19/h3-9,11H,10H2,1-2H3,(H,22,25). The van der Waals surface area contributed by atoms with E-state index in [9.17, 15) is 4.79 Å². The van der Waals surface area contributed by atoms with E-state index in [2.05, 4.69) is 20.4 Å². The molecule has 1 aromatic carbocycles. The molecule has 1 amide bonds. The molecule has 0 aliphatic carbocycles. The van der Waals surface area contributed by atoms with Crippen LogP contribution >= 0.6 is 11.3 Å². The van der Waals surface area contributed by atoms with Gasteiger partial charge in [0.25, 0.3) is 11.7 Å².